The van der Waals surface area contributed by atoms with Crippen LogP contribution in [0.15, 0.2) is 17.3 Å². The van der Waals surface area contributed by atoms with Crippen molar-refractivity contribution in [3.8, 4) is 0 Å². The van der Waals surface area contributed by atoms with Gasteiger partial charge < -0.3 is 19.7 Å². The molecule has 1 aromatic heterocycles. The number of unbranched alkanes of at least 4 members (excludes halogenated alkanes) is 1. The minimum Gasteiger partial charge on any atom is -0.356 e. The van der Waals surface area contributed by atoms with E-state index in [0.29, 0.717) is 0 Å². The molecule has 1 N–H and O–H groups in total. The minimum absolute atomic E-state index is 0. The number of aromatic nitrogens is 1. The highest BCUT2D eigenvalue weighted by Gasteiger charge is 2.15. The van der Waals surface area contributed by atoms with Gasteiger partial charge >= 0.3 is 0 Å². The molecule has 1 fully saturated rings. The second-order valence-corrected chi connectivity index (χ2v) is 7.76. The molecule has 0 spiro atoms. The molecule has 2 rings (SSSR count). The first-order chi connectivity index (χ1) is 12.0. The van der Waals surface area contributed by atoms with E-state index in [1.165, 1.54) is 51.0 Å². The van der Waals surface area contributed by atoms with Gasteiger partial charge in [0.15, 0.2) is 5.96 Å². The number of rotatable bonds is 7. The molecule has 0 aliphatic carbocycles. The number of aryl methyl sites for hydroxylation is 1. The average molecular weight is 496 g/mol. The van der Waals surface area contributed by atoms with Gasteiger partial charge in [0.2, 0.25) is 0 Å². The van der Waals surface area contributed by atoms with Crippen molar-refractivity contribution in [2.75, 3.05) is 40.3 Å². The van der Waals surface area contributed by atoms with Crippen molar-refractivity contribution in [2.24, 2.45) is 18.0 Å². The number of halogens is 2. The molecule has 0 bridgehead atoms. The summed E-state index contributed by atoms with van der Waals surface area (Å²) in [6.45, 7) is 7.90. The molecule has 0 atom stereocenters. The van der Waals surface area contributed by atoms with Gasteiger partial charge in [-0.05, 0) is 57.3 Å². The molecule has 7 heteroatoms. The predicted octanol–water partition coefficient (Wildman–Crippen LogP) is 3.82. The maximum Gasteiger partial charge on any atom is 0.193 e. The van der Waals surface area contributed by atoms with Crippen LogP contribution in [0.5, 0.6) is 0 Å². The molecule has 1 aliphatic rings. The summed E-state index contributed by atoms with van der Waals surface area (Å²) in [6, 6.07) is 2.00. The zero-order valence-corrected chi connectivity index (χ0v) is 19.8. The van der Waals surface area contributed by atoms with E-state index in [0.717, 1.165) is 30.0 Å². The summed E-state index contributed by atoms with van der Waals surface area (Å²) in [5, 5.41) is 4.25. The fraction of sp³-hybridized carbons (Fsp3) is 0.737. The van der Waals surface area contributed by atoms with E-state index in [2.05, 4.69) is 38.6 Å². The lowest BCUT2D eigenvalue weighted by Crippen LogP contribution is -2.39. The molecular weight excluding hydrogens is 461 g/mol. The predicted molar refractivity (Wildman–Crippen MR) is 123 cm³/mol. The van der Waals surface area contributed by atoms with Crippen molar-refractivity contribution in [1.82, 2.24) is 19.7 Å². The van der Waals surface area contributed by atoms with Gasteiger partial charge in [0.25, 0.3) is 0 Å². The molecule has 0 unspecified atom stereocenters. The fourth-order valence-electron chi connectivity index (χ4n) is 3.37. The lowest BCUT2D eigenvalue weighted by atomic mass is 9.99. The monoisotopic (exact) mass is 495 g/mol. The molecule has 2 heterocycles. The van der Waals surface area contributed by atoms with Crippen LogP contribution in [0.2, 0.25) is 5.02 Å². The van der Waals surface area contributed by atoms with Crippen LogP contribution in [-0.2, 0) is 13.6 Å². The molecule has 0 amide bonds. The second kappa shape index (κ2) is 12.1. The summed E-state index contributed by atoms with van der Waals surface area (Å²) in [7, 11) is 5.92. The third-order valence-corrected chi connectivity index (χ3v) is 5.31. The standard InChI is InChI=1S/C19H34ClN5.HI/c1-16-7-11-25(12-8-16)10-6-5-9-22-19(21-2)24(4)15-18-13-17(20)14-23(18)3;/h13-14,16H,5-12,15H2,1-4H3,(H,21,22);1H. The van der Waals surface area contributed by atoms with Crippen molar-refractivity contribution in [1.29, 1.82) is 0 Å². The third-order valence-electron chi connectivity index (χ3n) is 5.11. The Morgan fingerprint density at radius 2 is 2.04 bits per heavy atom. The fourth-order valence-corrected chi connectivity index (χ4v) is 3.64. The lowest BCUT2D eigenvalue weighted by Gasteiger charge is -2.30. The first-order valence-electron chi connectivity index (χ1n) is 9.44. The number of nitrogens with zero attached hydrogens (tertiary/aromatic N) is 4. The summed E-state index contributed by atoms with van der Waals surface area (Å²) < 4.78 is 2.06. The number of hydrogen-bond acceptors (Lipinski definition) is 2. The number of guanidine groups is 1. The van der Waals surface area contributed by atoms with Crippen molar-refractivity contribution in [3.63, 3.8) is 0 Å². The minimum atomic E-state index is 0. The van der Waals surface area contributed by atoms with Crippen molar-refractivity contribution < 1.29 is 0 Å². The van der Waals surface area contributed by atoms with Crippen LogP contribution in [0.1, 0.15) is 38.3 Å². The Morgan fingerprint density at radius 3 is 2.62 bits per heavy atom. The third kappa shape index (κ3) is 7.64. The number of nitrogens with one attached hydrogen (secondary N) is 1. The van der Waals surface area contributed by atoms with E-state index in [4.69, 9.17) is 11.6 Å². The number of aliphatic imine (C=N–C) groups is 1. The van der Waals surface area contributed by atoms with Crippen LogP contribution in [-0.4, -0.2) is 60.6 Å². The smallest absolute Gasteiger partial charge is 0.193 e. The Bertz CT molecular complexity index is 552. The summed E-state index contributed by atoms with van der Waals surface area (Å²) in [6.07, 6.45) is 7.07. The Morgan fingerprint density at radius 1 is 1.35 bits per heavy atom. The van der Waals surface area contributed by atoms with Gasteiger partial charge in [-0.1, -0.05) is 18.5 Å². The van der Waals surface area contributed by atoms with Gasteiger partial charge in [-0.15, -0.1) is 24.0 Å². The van der Waals surface area contributed by atoms with Gasteiger partial charge in [-0.25, -0.2) is 0 Å². The van der Waals surface area contributed by atoms with Gasteiger partial charge in [-0.2, -0.15) is 0 Å². The summed E-state index contributed by atoms with van der Waals surface area (Å²) in [4.78, 5) is 9.14. The number of piperidine rings is 1. The van der Waals surface area contributed by atoms with E-state index >= 15 is 0 Å². The molecule has 5 nitrogen and oxygen atoms in total. The Balaban J connectivity index is 0.00000338. The molecule has 0 aromatic carbocycles. The highest BCUT2D eigenvalue weighted by Crippen LogP contribution is 2.16. The van der Waals surface area contributed by atoms with Crippen LogP contribution in [0.25, 0.3) is 0 Å². The van der Waals surface area contributed by atoms with Gasteiger partial charge in [-0.3, -0.25) is 4.99 Å². The lowest BCUT2D eigenvalue weighted by molar-refractivity contribution is 0.189. The summed E-state index contributed by atoms with van der Waals surface area (Å²) >= 11 is 6.06. The van der Waals surface area contributed by atoms with Crippen LogP contribution < -0.4 is 5.32 Å². The van der Waals surface area contributed by atoms with Crippen LogP contribution in [0, 0.1) is 5.92 Å². The van der Waals surface area contributed by atoms with Gasteiger partial charge in [0, 0.05) is 39.6 Å². The van der Waals surface area contributed by atoms with E-state index < -0.39 is 0 Å². The molecule has 26 heavy (non-hydrogen) atoms. The molecule has 1 aromatic rings. The van der Waals surface area contributed by atoms with Crippen molar-refractivity contribution in [3.05, 3.63) is 23.0 Å². The highest BCUT2D eigenvalue weighted by molar-refractivity contribution is 14.0. The molecule has 0 saturated carbocycles. The molecule has 1 aliphatic heterocycles. The molecule has 0 radical (unpaired) electrons. The normalized spacial score (nSPS) is 16.4. The Kier molecular flexibility index (Phi) is 11.0. The number of hydrogen-bond donors (Lipinski definition) is 1. The Hall–Kier alpha value is -0.470. The first kappa shape index (κ1) is 23.6. The van der Waals surface area contributed by atoms with E-state index in [1.54, 1.807) is 0 Å². The quantitative estimate of drug-likeness (QED) is 0.270. The largest absolute Gasteiger partial charge is 0.356 e. The van der Waals surface area contributed by atoms with Gasteiger partial charge in [0.05, 0.1) is 11.6 Å². The van der Waals surface area contributed by atoms with Crippen LogP contribution in [0.3, 0.4) is 0 Å². The molecular formula is C19H35ClIN5. The van der Waals surface area contributed by atoms with Crippen molar-refractivity contribution >= 4 is 41.5 Å². The topological polar surface area (TPSA) is 35.8 Å². The zero-order valence-electron chi connectivity index (χ0n) is 16.7. The SMILES string of the molecule is CN=C(NCCCCN1CCC(C)CC1)N(C)Cc1cc(Cl)cn1C.I. The van der Waals surface area contributed by atoms with E-state index in [1.807, 2.05) is 26.4 Å². The first-order valence-corrected chi connectivity index (χ1v) is 9.82. The van der Waals surface area contributed by atoms with Crippen LogP contribution in [0.4, 0.5) is 0 Å². The maximum absolute atomic E-state index is 6.06. The molecule has 150 valence electrons. The number of likely N-dealkylation sites (tertiary alicyclic amines) is 1. The second-order valence-electron chi connectivity index (χ2n) is 7.32. The van der Waals surface area contributed by atoms with Crippen LogP contribution >= 0.6 is 35.6 Å². The average Bonchev–Trinajstić information content (AvgIpc) is 2.89. The van der Waals surface area contributed by atoms with E-state index in [9.17, 15) is 0 Å². The highest BCUT2D eigenvalue weighted by atomic mass is 127. The zero-order chi connectivity index (χ0) is 18.2. The van der Waals surface area contributed by atoms with E-state index in [-0.39, 0.29) is 24.0 Å². The van der Waals surface area contributed by atoms with Crippen molar-refractivity contribution in [2.45, 2.75) is 39.2 Å². The molecule has 1 saturated heterocycles. The Labute approximate surface area is 181 Å². The summed E-state index contributed by atoms with van der Waals surface area (Å²) in [5.41, 5.74) is 1.18. The van der Waals surface area contributed by atoms with Gasteiger partial charge in [0.1, 0.15) is 0 Å². The summed E-state index contributed by atoms with van der Waals surface area (Å²) in [5.74, 6) is 1.85. The maximum atomic E-state index is 6.06.